The Hall–Kier alpha value is -13.0. The number of likely N-dealkylation sites (tertiary alicyclic amines) is 1. The van der Waals surface area contributed by atoms with E-state index in [9.17, 15) is 117 Å². The maximum Gasteiger partial charge on any atom is 0.326 e. The lowest BCUT2D eigenvalue weighted by atomic mass is 9.96. The third-order valence-corrected chi connectivity index (χ3v) is 23.5. The summed E-state index contributed by atoms with van der Waals surface area (Å²) in [5, 5.41) is 128. The van der Waals surface area contributed by atoms with Crippen LogP contribution in [0.3, 0.4) is 0 Å². The number of aliphatic hydroxyl groups is 3. The van der Waals surface area contributed by atoms with Crippen molar-refractivity contribution in [3.8, 4) is 17.2 Å². The second-order valence-electron chi connectivity index (χ2n) is 35.4. The van der Waals surface area contributed by atoms with Crippen LogP contribution in [0.25, 0.3) is 0 Å². The van der Waals surface area contributed by atoms with Gasteiger partial charge < -0.3 is 166 Å². The summed E-state index contributed by atoms with van der Waals surface area (Å²) < 4.78 is -1.65. The van der Waals surface area contributed by atoms with E-state index in [1.807, 2.05) is 0 Å². The predicted octanol–water partition coefficient (Wildman–Crippen LogP) is -8.68. The van der Waals surface area contributed by atoms with Crippen molar-refractivity contribution >= 4 is 138 Å². The van der Waals surface area contributed by atoms with Crippen LogP contribution in [0.5, 0.6) is 17.2 Å². The molecule has 0 aromatic heterocycles. The molecular formula is C89H142N26O24S2. The number of hydrogen-bond acceptors (Lipinski definition) is 31. The molecule has 20 atom stereocenters. The van der Waals surface area contributed by atoms with Crippen LogP contribution in [0.1, 0.15) is 149 Å². The molecule has 1 saturated heterocycles. The summed E-state index contributed by atoms with van der Waals surface area (Å²) in [6, 6.07) is -10.0. The van der Waals surface area contributed by atoms with Crippen molar-refractivity contribution in [3.63, 3.8) is 0 Å². The summed E-state index contributed by atoms with van der Waals surface area (Å²) >= 11 is 8.92. The van der Waals surface area contributed by atoms with Crippen molar-refractivity contribution in [1.82, 2.24) is 90.0 Å². The van der Waals surface area contributed by atoms with E-state index >= 15 is 0 Å². The fourth-order valence-corrected chi connectivity index (χ4v) is 15.0. The van der Waals surface area contributed by atoms with E-state index in [0.717, 1.165) is 18.7 Å². The Labute approximate surface area is 826 Å². The normalized spacial score (nSPS) is 16.8. The third kappa shape index (κ3) is 41.0. The summed E-state index contributed by atoms with van der Waals surface area (Å²) in [4.78, 5) is 243. The van der Waals surface area contributed by atoms with Gasteiger partial charge in [-0.3, -0.25) is 87.5 Å². The molecule has 0 spiro atoms. The Morgan fingerprint density at radius 3 is 1.15 bits per heavy atom. The minimum Gasteiger partial charge on any atom is -0.508 e. The van der Waals surface area contributed by atoms with Gasteiger partial charge in [-0.1, -0.05) is 70.5 Å². The summed E-state index contributed by atoms with van der Waals surface area (Å²) in [5.41, 5.74) is 41.6. The van der Waals surface area contributed by atoms with Crippen LogP contribution in [0, 0.1) is 22.7 Å². The molecule has 141 heavy (non-hydrogen) atoms. The number of aromatic hydroxyl groups is 3. The summed E-state index contributed by atoms with van der Waals surface area (Å²) in [6.45, 7) is 10.7. The summed E-state index contributed by atoms with van der Waals surface area (Å²) in [6.07, 6.45) is -7.73. The number of guanidine groups is 2. The highest BCUT2D eigenvalue weighted by molar-refractivity contribution is 7.81. The van der Waals surface area contributed by atoms with E-state index in [1.165, 1.54) is 86.6 Å². The van der Waals surface area contributed by atoms with Gasteiger partial charge in [0, 0.05) is 55.8 Å². The van der Waals surface area contributed by atoms with Crippen molar-refractivity contribution in [3.05, 3.63) is 89.5 Å². The number of amides is 16. The van der Waals surface area contributed by atoms with Crippen LogP contribution in [-0.4, -0.2) is 318 Å². The van der Waals surface area contributed by atoms with Crippen LogP contribution in [0.2, 0.25) is 0 Å². The van der Waals surface area contributed by atoms with E-state index in [-0.39, 0.29) is 145 Å². The van der Waals surface area contributed by atoms with Crippen LogP contribution >= 0.6 is 25.3 Å². The Kier molecular flexibility index (Phi) is 50.8. The number of β-amino-alcohol motifs (C(OH)–C–C–N with tert-alkyl or cyclic N) is 1. The van der Waals surface area contributed by atoms with E-state index in [0.29, 0.717) is 11.1 Å². The zero-order chi connectivity index (χ0) is 106. The number of nitrogens with two attached hydrogens (primary N) is 7. The average Bonchev–Trinajstić information content (AvgIpc) is 1.66. The standard InChI is InChI=1S/C89H142N26O24S2/c1-9-44(4)67(111-80(132)64-39-53(121)41-115(64)85(137)66(94)43(2)3)81(133)113-69(46(6)117)83(135)107-60(37-48-19-25-51(119)26-20-48)78(130)114-70(89(7,8)141)84(136)108-61(40-65(93)122)77(129)103-55(15-12-34-99-87(95)96)71(123)104-58(30-33-92)75(127)112-68(45(5)116)82(134)105-57(29-32-91)74(126)101-54(14-10-11-31-90)73(125)110-63(42-140)79(131)106-59(36-47-17-23-50(118)24-18-47)76(128)102-56(16-13-35-100-88(97)98)72(124)109-62(86(138)139)38-49-21-27-52(120)28-22-49/h17-28,43-46,53-64,66-70,116-121,140-141H,9-16,29-42,90-92,94H2,1-8H3,(H2,93,122)(H,101,126)(H,102,128)(H,103,129)(H,104,123)(H,105,134)(H,106,131)(H,107,135)(H,108,136)(H,109,124)(H,110,125)(H,111,132)(H,112,127)(H,113,133)(H,114,130)(H,138,139)(H4,95,96,99)(H4,97,98,100)/t44-,45+,46-,53+,54-,55-,56-,57+,58-,59-,60-,61-,62-,63-,64-,66-,67-,68-,69-,70+/m0/s1. The number of nitrogens with one attached hydrogen (secondary N) is 18. The Bertz CT molecular complexity index is 4730. The predicted molar refractivity (Wildman–Crippen MR) is 521 cm³/mol. The van der Waals surface area contributed by atoms with Crippen molar-refractivity contribution in [1.29, 1.82) is 10.8 Å². The molecule has 1 aliphatic rings. The molecule has 39 N–H and O–H groups in total. The van der Waals surface area contributed by atoms with Crippen LogP contribution in [0.4, 0.5) is 0 Å². The fraction of sp³-hybridized carbons (Fsp3) is 0.584. The molecule has 0 aliphatic carbocycles. The van der Waals surface area contributed by atoms with Gasteiger partial charge in [0.15, 0.2) is 11.9 Å². The first-order chi connectivity index (χ1) is 66.3. The second kappa shape index (κ2) is 59.6. The molecule has 52 heteroatoms. The maximum atomic E-state index is 14.9. The lowest BCUT2D eigenvalue weighted by Crippen LogP contribution is -2.64. The minimum atomic E-state index is -2.02. The number of carbonyl (C=O) groups excluding carboxylic acids is 16. The molecule has 0 unspecified atom stereocenters. The highest BCUT2D eigenvalue weighted by Crippen LogP contribution is 2.25. The molecule has 3 aromatic carbocycles. The Balaban J connectivity index is 1.60. The number of carbonyl (C=O) groups is 17. The number of carboxylic acid groups (broad SMARTS) is 1. The Morgan fingerprint density at radius 1 is 0.440 bits per heavy atom. The van der Waals surface area contributed by atoms with E-state index in [1.54, 1.807) is 27.7 Å². The molecule has 0 saturated carbocycles. The van der Waals surface area contributed by atoms with Gasteiger partial charge in [-0.05, 0) is 170 Å². The molecule has 3 aromatic rings. The SMILES string of the molecule is CC[C@H](C)[C@H](NC(=O)[C@@H]1C[C@@H](O)CN1C(=O)[C@@H](N)C(C)C)C(=O)N[C@H](C(=O)N[C@@H](Cc1ccc(O)cc1)C(=O)N[C@H](C(=O)N[C@@H](CC(N)=O)C(=O)N[C@@H](CCCNC(=N)N)C(=O)N[C@@H](CCN)C(=O)N[C@H](C(=O)N[C@H](CCN)C(=O)N[C@@H](CCCCN)C(=O)N[C@@H](CS)C(=O)N[C@@H](Cc1ccc(O)cc1)C(=O)N[C@@H](CCCNC(=N)N)C(=O)N[C@@H](Cc1ccc(O)cc1)C(=O)O)[C@@H](C)O)C(C)(C)S)[C@H](C)O. The fourth-order valence-electron chi connectivity index (χ4n) is 14.6. The number of phenols is 3. The van der Waals surface area contributed by atoms with Crippen LogP contribution < -0.4 is 125 Å². The quantitative estimate of drug-likeness (QED) is 0.0108. The average molecular weight is 2020 g/mol. The molecule has 1 aliphatic heterocycles. The molecule has 784 valence electrons. The van der Waals surface area contributed by atoms with Gasteiger partial charge in [0.25, 0.3) is 0 Å². The molecule has 0 radical (unpaired) electrons. The summed E-state index contributed by atoms with van der Waals surface area (Å²) in [5.74, 6) is -21.6. The number of benzene rings is 3. The lowest BCUT2D eigenvalue weighted by molar-refractivity contribution is -0.142. The number of carboxylic acids is 1. The van der Waals surface area contributed by atoms with Crippen molar-refractivity contribution in [2.75, 3.05) is 45.0 Å². The lowest BCUT2D eigenvalue weighted by Gasteiger charge is -2.33. The zero-order valence-corrected chi connectivity index (χ0v) is 81.9. The molecule has 50 nitrogen and oxygen atoms in total. The number of phenolic OH excluding ortho intramolecular Hbond substituents is 3. The van der Waals surface area contributed by atoms with E-state index in [4.69, 9.17) is 51.0 Å². The molecular weight excluding hydrogens is 1880 g/mol. The number of rotatable bonds is 61. The van der Waals surface area contributed by atoms with Gasteiger partial charge in [0.2, 0.25) is 94.5 Å². The molecule has 16 amide bonds. The van der Waals surface area contributed by atoms with E-state index < -0.39 is 263 Å². The van der Waals surface area contributed by atoms with Crippen molar-refractivity contribution < 1.29 is 117 Å². The van der Waals surface area contributed by atoms with Crippen LogP contribution in [-0.2, 0) is 101 Å². The van der Waals surface area contributed by atoms with Gasteiger partial charge in [-0.15, -0.1) is 0 Å². The number of primary amides is 1. The second-order valence-corrected chi connectivity index (χ2v) is 36.9. The minimum absolute atomic E-state index is 0.0172. The first kappa shape index (κ1) is 120. The van der Waals surface area contributed by atoms with Gasteiger partial charge in [0.05, 0.1) is 30.8 Å². The molecule has 1 heterocycles. The first-order valence-electron chi connectivity index (χ1n) is 46.1. The number of unbranched alkanes of at least 4 members (excludes halogenated alkanes) is 1. The smallest absolute Gasteiger partial charge is 0.326 e. The molecule has 1 fully saturated rings. The maximum absolute atomic E-state index is 14.9. The van der Waals surface area contributed by atoms with E-state index in [2.05, 4.69) is 110 Å². The number of nitrogens with zero attached hydrogens (tertiary/aromatic N) is 1. The molecule has 4 rings (SSSR count). The monoisotopic (exact) mass is 2020 g/mol. The topological polar surface area (TPSA) is 857 Å². The molecule has 0 bridgehead atoms. The number of aliphatic carboxylic acids is 1. The number of aliphatic hydroxyl groups excluding tert-OH is 3. The Morgan fingerprint density at radius 2 is 0.773 bits per heavy atom. The highest BCUT2D eigenvalue weighted by Gasteiger charge is 2.46. The van der Waals surface area contributed by atoms with Gasteiger partial charge >= 0.3 is 5.97 Å². The van der Waals surface area contributed by atoms with Crippen LogP contribution in [0.15, 0.2) is 72.8 Å². The van der Waals surface area contributed by atoms with Gasteiger partial charge in [-0.25, -0.2) is 4.79 Å². The van der Waals surface area contributed by atoms with Gasteiger partial charge in [-0.2, -0.15) is 25.3 Å². The summed E-state index contributed by atoms with van der Waals surface area (Å²) in [7, 11) is 0. The first-order valence-corrected chi connectivity index (χ1v) is 47.2. The number of hydrogen-bond donors (Lipinski definition) is 34. The zero-order valence-electron chi connectivity index (χ0n) is 80.1. The largest absolute Gasteiger partial charge is 0.508 e. The highest BCUT2D eigenvalue weighted by atomic mass is 32.1. The van der Waals surface area contributed by atoms with Crippen molar-refractivity contribution in [2.24, 2.45) is 52.0 Å². The van der Waals surface area contributed by atoms with Crippen molar-refractivity contribution in [2.45, 2.75) is 271 Å². The number of thiol groups is 2. The van der Waals surface area contributed by atoms with Gasteiger partial charge in [0.1, 0.15) is 108 Å². The third-order valence-electron chi connectivity index (χ3n) is 22.9.